The van der Waals surface area contributed by atoms with Gasteiger partial charge in [0, 0.05) is 19.2 Å². The summed E-state index contributed by atoms with van der Waals surface area (Å²) in [5.74, 6) is 0. The maximum atomic E-state index is 5.43. The highest BCUT2D eigenvalue weighted by atomic mass is 16.5. The van der Waals surface area contributed by atoms with Crippen LogP contribution in [0.5, 0.6) is 0 Å². The number of ether oxygens (including phenoxy) is 1. The van der Waals surface area contributed by atoms with Crippen molar-refractivity contribution in [1.82, 2.24) is 5.32 Å². The molecule has 1 aliphatic rings. The van der Waals surface area contributed by atoms with Crippen molar-refractivity contribution in [3.8, 4) is 0 Å². The molecule has 1 rings (SSSR count). The SMILES string of the molecule is CCCCC(CCC)NC1CCC(OC)CC1. The maximum Gasteiger partial charge on any atom is 0.0572 e. The first kappa shape index (κ1) is 15.0. The molecule has 0 aromatic heterocycles. The molecule has 1 fully saturated rings. The van der Waals surface area contributed by atoms with Gasteiger partial charge in [-0.25, -0.2) is 0 Å². The lowest BCUT2D eigenvalue weighted by molar-refractivity contribution is 0.0607. The van der Waals surface area contributed by atoms with E-state index < -0.39 is 0 Å². The highest BCUT2D eigenvalue weighted by Crippen LogP contribution is 2.22. The summed E-state index contributed by atoms with van der Waals surface area (Å²) < 4.78 is 5.43. The minimum absolute atomic E-state index is 0.522. The van der Waals surface area contributed by atoms with Gasteiger partial charge in [0.15, 0.2) is 0 Å². The Hall–Kier alpha value is -0.0800. The Morgan fingerprint density at radius 2 is 1.76 bits per heavy atom. The summed E-state index contributed by atoms with van der Waals surface area (Å²) >= 11 is 0. The fourth-order valence-corrected chi connectivity index (χ4v) is 2.91. The van der Waals surface area contributed by atoms with Crippen molar-refractivity contribution in [2.75, 3.05) is 7.11 Å². The molecular weight excluding hydrogens is 210 g/mol. The van der Waals surface area contributed by atoms with Crippen molar-refractivity contribution in [3.05, 3.63) is 0 Å². The maximum absolute atomic E-state index is 5.43. The van der Waals surface area contributed by atoms with Gasteiger partial charge in [0.05, 0.1) is 6.10 Å². The van der Waals surface area contributed by atoms with Crippen LogP contribution < -0.4 is 5.32 Å². The van der Waals surface area contributed by atoms with Crippen molar-refractivity contribution in [3.63, 3.8) is 0 Å². The highest BCUT2D eigenvalue weighted by molar-refractivity contribution is 4.80. The number of rotatable bonds is 8. The van der Waals surface area contributed by atoms with Crippen molar-refractivity contribution < 1.29 is 4.74 Å². The van der Waals surface area contributed by atoms with Crippen LogP contribution in [-0.4, -0.2) is 25.3 Å². The van der Waals surface area contributed by atoms with Crippen LogP contribution in [0.3, 0.4) is 0 Å². The van der Waals surface area contributed by atoms with Gasteiger partial charge in [0.25, 0.3) is 0 Å². The van der Waals surface area contributed by atoms with Crippen LogP contribution >= 0.6 is 0 Å². The first-order chi connectivity index (χ1) is 8.30. The Morgan fingerprint density at radius 1 is 1.06 bits per heavy atom. The fourth-order valence-electron chi connectivity index (χ4n) is 2.91. The second-order valence-electron chi connectivity index (χ2n) is 5.50. The Bertz CT molecular complexity index is 176. The summed E-state index contributed by atoms with van der Waals surface area (Å²) in [5, 5.41) is 3.88. The molecule has 0 bridgehead atoms. The van der Waals surface area contributed by atoms with E-state index in [-0.39, 0.29) is 0 Å². The van der Waals surface area contributed by atoms with Crippen molar-refractivity contribution in [1.29, 1.82) is 0 Å². The van der Waals surface area contributed by atoms with E-state index in [9.17, 15) is 0 Å². The molecule has 17 heavy (non-hydrogen) atoms. The smallest absolute Gasteiger partial charge is 0.0572 e. The van der Waals surface area contributed by atoms with E-state index in [2.05, 4.69) is 19.2 Å². The molecule has 0 radical (unpaired) electrons. The van der Waals surface area contributed by atoms with Gasteiger partial charge in [-0.15, -0.1) is 0 Å². The minimum Gasteiger partial charge on any atom is -0.381 e. The molecule has 1 aliphatic carbocycles. The molecule has 1 atom stereocenters. The van der Waals surface area contributed by atoms with Gasteiger partial charge in [0.2, 0.25) is 0 Å². The number of hydrogen-bond acceptors (Lipinski definition) is 2. The average Bonchev–Trinajstić information content (AvgIpc) is 2.37. The normalized spacial score (nSPS) is 27.0. The Kier molecular flexibility index (Phi) is 7.87. The Morgan fingerprint density at radius 3 is 2.29 bits per heavy atom. The molecule has 0 spiro atoms. The predicted octanol–water partition coefficient (Wildman–Crippen LogP) is 3.89. The predicted molar refractivity (Wildman–Crippen MR) is 74.4 cm³/mol. The van der Waals surface area contributed by atoms with Gasteiger partial charge in [0.1, 0.15) is 0 Å². The van der Waals surface area contributed by atoms with Gasteiger partial charge in [-0.2, -0.15) is 0 Å². The summed E-state index contributed by atoms with van der Waals surface area (Å²) in [6, 6.07) is 1.50. The van der Waals surface area contributed by atoms with Crippen molar-refractivity contribution in [2.45, 2.75) is 89.8 Å². The highest BCUT2D eigenvalue weighted by Gasteiger charge is 2.22. The molecular formula is C15H31NO. The zero-order valence-corrected chi connectivity index (χ0v) is 12.0. The van der Waals surface area contributed by atoms with E-state index in [1.54, 1.807) is 0 Å². The standard InChI is InChI=1S/C15H31NO/c1-4-6-8-13(7-5-2)16-14-9-11-15(17-3)12-10-14/h13-16H,4-12H2,1-3H3. The molecule has 0 aromatic carbocycles. The molecule has 2 nitrogen and oxygen atoms in total. The zero-order valence-electron chi connectivity index (χ0n) is 12.0. The first-order valence-electron chi connectivity index (χ1n) is 7.59. The molecule has 0 aromatic rings. The zero-order chi connectivity index (χ0) is 12.5. The van der Waals surface area contributed by atoms with E-state index in [4.69, 9.17) is 4.74 Å². The van der Waals surface area contributed by atoms with Gasteiger partial charge in [-0.05, 0) is 38.5 Å². The van der Waals surface area contributed by atoms with E-state index >= 15 is 0 Å². The molecule has 1 N–H and O–H groups in total. The van der Waals surface area contributed by atoms with E-state index in [1.165, 1.54) is 57.8 Å². The third-order valence-electron chi connectivity index (χ3n) is 4.02. The van der Waals surface area contributed by atoms with E-state index in [0.717, 1.165) is 12.1 Å². The van der Waals surface area contributed by atoms with Crippen molar-refractivity contribution >= 4 is 0 Å². The summed E-state index contributed by atoms with van der Waals surface area (Å²) in [5.41, 5.74) is 0. The monoisotopic (exact) mass is 241 g/mol. The van der Waals surface area contributed by atoms with E-state index in [1.807, 2.05) is 7.11 Å². The summed E-state index contributed by atoms with van der Waals surface area (Å²) in [4.78, 5) is 0. The number of nitrogens with one attached hydrogen (secondary N) is 1. The lowest BCUT2D eigenvalue weighted by Crippen LogP contribution is -2.41. The lowest BCUT2D eigenvalue weighted by atomic mass is 9.91. The summed E-state index contributed by atoms with van der Waals surface area (Å²) in [6.45, 7) is 4.58. The van der Waals surface area contributed by atoms with E-state index in [0.29, 0.717) is 6.10 Å². The third kappa shape index (κ3) is 5.87. The van der Waals surface area contributed by atoms with Gasteiger partial charge in [-0.1, -0.05) is 33.1 Å². The quantitative estimate of drug-likeness (QED) is 0.696. The third-order valence-corrected chi connectivity index (χ3v) is 4.02. The molecule has 1 saturated carbocycles. The Balaban J connectivity index is 2.24. The molecule has 0 heterocycles. The van der Waals surface area contributed by atoms with Gasteiger partial charge >= 0.3 is 0 Å². The van der Waals surface area contributed by atoms with Crippen LogP contribution in [0.25, 0.3) is 0 Å². The second kappa shape index (κ2) is 8.93. The van der Waals surface area contributed by atoms with Crippen LogP contribution in [0, 0.1) is 0 Å². The summed E-state index contributed by atoms with van der Waals surface area (Å²) in [7, 11) is 1.85. The van der Waals surface area contributed by atoms with Crippen LogP contribution in [0.2, 0.25) is 0 Å². The van der Waals surface area contributed by atoms with Crippen LogP contribution in [0.4, 0.5) is 0 Å². The molecule has 0 saturated heterocycles. The Labute approximate surface area is 108 Å². The van der Waals surface area contributed by atoms with Gasteiger partial charge < -0.3 is 10.1 Å². The molecule has 0 amide bonds. The first-order valence-corrected chi connectivity index (χ1v) is 7.59. The average molecular weight is 241 g/mol. The van der Waals surface area contributed by atoms with Crippen LogP contribution in [0.1, 0.15) is 71.6 Å². The van der Waals surface area contributed by atoms with Gasteiger partial charge in [-0.3, -0.25) is 0 Å². The summed E-state index contributed by atoms with van der Waals surface area (Å²) in [6.07, 6.45) is 12.3. The number of unbranched alkanes of at least 4 members (excludes halogenated alkanes) is 1. The lowest BCUT2D eigenvalue weighted by Gasteiger charge is -2.31. The minimum atomic E-state index is 0.522. The fraction of sp³-hybridized carbons (Fsp3) is 1.00. The van der Waals surface area contributed by atoms with Crippen LogP contribution in [0.15, 0.2) is 0 Å². The number of hydrogen-bond donors (Lipinski definition) is 1. The van der Waals surface area contributed by atoms with Crippen molar-refractivity contribution in [2.24, 2.45) is 0 Å². The second-order valence-corrected chi connectivity index (χ2v) is 5.50. The molecule has 1 unspecified atom stereocenters. The molecule has 102 valence electrons. The number of methoxy groups -OCH3 is 1. The molecule has 0 aliphatic heterocycles. The van der Waals surface area contributed by atoms with Crippen LogP contribution in [-0.2, 0) is 4.74 Å². The largest absolute Gasteiger partial charge is 0.381 e. The topological polar surface area (TPSA) is 21.3 Å². The molecule has 2 heteroatoms.